The molecule has 1 saturated heterocycles. The van der Waals surface area contributed by atoms with E-state index in [9.17, 15) is 9.59 Å². The Bertz CT molecular complexity index is 752. The zero-order valence-electron chi connectivity index (χ0n) is 14.9. The standard InChI is InChI=1S/C20H25N3O3/c24-19(14-17-6-3-5-16-4-1-2-7-18(16)17)22-15-20(25)21-8-9-23-10-12-26-13-11-23/h1-7H,8-15H2,(H,21,25)(H,22,24). The van der Waals surface area contributed by atoms with E-state index in [4.69, 9.17) is 4.74 Å². The van der Waals surface area contributed by atoms with Crippen molar-refractivity contribution in [3.8, 4) is 0 Å². The molecule has 1 fully saturated rings. The Morgan fingerprint density at radius 3 is 2.58 bits per heavy atom. The molecule has 0 bridgehead atoms. The molecule has 0 atom stereocenters. The van der Waals surface area contributed by atoms with Crippen LogP contribution in [-0.2, 0) is 20.7 Å². The summed E-state index contributed by atoms with van der Waals surface area (Å²) in [6, 6.07) is 13.9. The number of nitrogens with zero attached hydrogens (tertiary/aromatic N) is 1. The molecule has 0 aliphatic carbocycles. The largest absolute Gasteiger partial charge is 0.379 e. The van der Waals surface area contributed by atoms with Crippen LogP contribution in [0.1, 0.15) is 5.56 Å². The number of hydrogen-bond acceptors (Lipinski definition) is 4. The van der Waals surface area contributed by atoms with Gasteiger partial charge in [0, 0.05) is 26.2 Å². The highest BCUT2D eigenvalue weighted by Gasteiger charge is 2.11. The van der Waals surface area contributed by atoms with Crippen LogP contribution in [0, 0.1) is 0 Å². The zero-order valence-corrected chi connectivity index (χ0v) is 14.9. The predicted octanol–water partition coefficient (Wildman–Crippen LogP) is 0.947. The summed E-state index contributed by atoms with van der Waals surface area (Å²) in [6.45, 7) is 4.69. The van der Waals surface area contributed by atoms with Crippen LogP contribution >= 0.6 is 0 Å². The van der Waals surface area contributed by atoms with Crippen molar-refractivity contribution in [2.45, 2.75) is 6.42 Å². The van der Waals surface area contributed by atoms with E-state index < -0.39 is 0 Å². The van der Waals surface area contributed by atoms with Crippen LogP contribution in [0.15, 0.2) is 42.5 Å². The topological polar surface area (TPSA) is 70.7 Å². The van der Waals surface area contributed by atoms with E-state index in [0.717, 1.165) is 49.2 Å². The number of amides is 2. The summed E-state index contributed by atoms with van der Waals surface area (Å²) < 4.78 is 5.29. The monoisotopic (exact) mass is 355 g/mol. The summed E-state index contributed by atoms with van der Waals surface area (Å²) in [5.74, 6) is -0.311. The molecular weight excluding hydrogens is 330 g/mol. The second-order valence-corrected chi connectivity index (χ2v) is 6.40. The lowest BCUT2D eigenvalue weighted by Crippen LogP contribution is -2.43. The summed E-state index contributed by atoms with van der Waals surface area (Å²) >= 11 is 0. The Hall–Kier alpha value is -2.44. The first kappa shape index (κ1) is 18.4. The van der Waals surface area contributed by atoms with Gasteiger partial charge < -0.3 is 15.4 Å². The van der Waals surface area contributed by atoms with E-state index in [1.807, 2.05) is 42.5 Å². The van der Waals surface area contributed by atoms with Gasteiger partial charge in [-0.25, -0.2) is 0 Å². The van der Waals surface area contributed by atoms with Crippen molar-refractivity contribution in [3.05, 3.63) is 48.0 Å². The second-order valence-electron chi connectivity index (χ2n) is 6.40. The maximum atomic E-state index is 12.2. The predicted molar refractivity (Wildman–Crippen MR) is 101 cm³/mol. The Balaban J connectivity index is 1.40. The van der Waals surface area contributed by atoms with Crippen LogP contribution in [-0.4, -0.2) is 62.7 Å². The number of ether oxygens (including phenoxy) is 1. The molecule has 2 N–H and O–H groups in total. The zero-order chi connectivity index (χ0) is 18.2. The fraction of sp³-hybridized carbons (Fsp3) is 0.400. The number of carbonyl (C=O) groups excluding carboxylic acids is 2. The van der Waals surface area contributed by atoms with Crippen LogP contribution in [0.25, 0.3) is 10.8 Å². The van der Waals surface area contributed by atoms with Crippen molar-refractivity contribution in [3.63, 3.8) is 0 Å². The van der Waals surface area contributed by atoms with Crippen LogP contribution in [0.5, 0.6) is 0 Å². The van der Waals surface area contributed by atoms with E-state index in [0.29, 0.717) is 6.54 Å². The highest BCUT2D eigenvalue weighted by atomic mass is 16.5. The summed E-state index contributed by atoms with van der Waals surface area (Å²) in [5, 5.41) is 7.72. The van der Waals surface area contributed by atoms with E-state index >= 15 is 0 Å². The Kier molecular flexibility index (Phi) is 6.57. The van der Waals surface area contributed by atoms with Crippen LogP contribution in [0.2, 0.25) is 0 Å². The van der Waals surface area contributed by atoms with Gasteiger partial charge in [-0.2, -0.15) is 0 Å². The number of hydrogen-bond donors (Lipinski definition) is 2. The molecule has 0 saturated carbocycles. The smallest absolute Gasteiger partial charge is 0.239 e. The maximum absolute atomic E-state index is 12.2. The summed E-state index contributed by atoms with van der Waals surface area (Å²) in [4.78, 5) is 26.3. The third kappa shape index (κ3) is 5.28. The minimum atomic E-state index is -0.162. The number of benzene rings is 2. The van der Waals surface area contributed by atoms with Gasteiger partial charge in [-0.1, -0.05) is 42.5 Å². The highest BCUT2D eigenvalue weighted by molar-refractivity contribution is 5.91. The molecular formula is C20H25N3O3. The average Bonchev–Trinajstić information content (AvgIpc) is 2.67. The lowest BCUT2D eigenvalue weighted by atomic mass is 10.0. The molecule has 2 aromatic rings. The Morgan fingerprint density at radius 2 is 1.73 bits per heavy atom. The highest BCUT2D eigenvalue weighted by Crippen LogP contribution is 2.18. The third-order valence-corrected chi connectivity index (χ3v) is 4.53. The van der Waals surface area contributed by atoms with Gasteiger partial charge in [-0.15, -0.1) is 0 Å². The first-order valence-electron chi connectivity index (χ1n) is 9.02. The van der Waals surface area contributed by atoms with Crippen molar-refractivity contribution in [1.29, 1.82) is 0 Å². The van der Waals surface area contributed by atoms with Gasteiger partial charge in [0.25, 0.3) is 0 Å². The second kappa shape index (κ2) is 9.31. The van der Waals surface area contributed by atoms with Gasteiger partial charge in [-0.05, 0) is 16.3 Å². The van der Waals surface area contributed by atoms with Gasteiger partial charge in [0.05, 0.1) is 26.2 Å². The quantitative estimate of drug-likeness (QED) is 0.776. The van der Waals surface area contributed by atoms with E-state index in [1.54, 1.807) is 0 Å². The fourth-order valence-electron chi connectivity index (χ4n) is 3.10. The molecule has 0 radical (unpaired) electrons. The molecule has 6 nitrogen and oxygen atoms in total. The van der Waals surface area contributed by atoms with Crippen molar-refractivity contribution >= 4 is 22.6 Å². The SMILES string of the molecule is O=C(CNC(=O)Cc1cccc2ccccc12)NCCN1CCOCC1. The van der Waals surface area contributed by atoms with Gasteiger partial charge >= 0.3 is 0 Å². The number of fused-ring (bicyclic) bond motifs is 1. The first-order valence-corrected chi connectivity index (χ1v) is 9.02. The third-order valence-electron chi connectivity index (χ3n) is 4.53. The van der Waals surface area contributed by atoms with Crippen molar-refractivity contribution in [2.24, 2.45) is 0 Å². The lowest BCUT2D eigenvalue weighted by molar-refractivity contribution is -0.125. The van der Waals surface area contributed by atoms with Gasteiger partial charge in [0.1, 0.15) is 0 Å². The number of nitrogens with one attached hydrogen (secondary N) is 2. The van der Waals surface area contributed by atoms with Crippen molar-refractivity contribution in [1.82, 2.24) is 15.5 Å². The normalized spacial score (nSPS) is 14.9. The molecule has 138 valence electrons. The lowest BCUT2D eigenvalue weighted by Gasteiger charge is -2.26. The van der Waals surface area contributed by atoms with E-state index in [2.05, 4.69) is 15.5 Å². The average molecular weight is 355 g/mol. The molecule has 6 heteroatoms. The van der Waals surface area contributed by atoms with Gasteiger partial charge in [0.2, 0.25) is 11.8 Å². The molecule has 1 aliphatic rings. The summed E-state index contributed by atoms with van der Waals surface area (Å²) in [5.41, 5.74) is 0.966. The van der Waals surface area contributed by atoms with E-state index in [1.165, 1.54) is 0 Å². The first-order chi connectivity index (χ1) is 12.7. The van der Waals surface area contributed by atoms with Gasteiger partial charge in [-0.3, -0.25) is 14.5 Å². The minimum Gasteiger partial charge on any atom is -0.379 e. The molecule has 1 heterocycles. The maximum Gasteiger partial charge on any atom is 0.239 e. The molecule has 0 unspecified atom stereocenters. The molecule has 2 amide bonds. The fourth-order valence-corrected chi connectivity index (χ4v) is 3.10. The van der Waals surface area contributed by atoms with Crippen molar-refractivity contribution < 1.29 is 14.3 Å². The molecule has 1 aliphatic heterocycles. The number of rotatable bonds is 7. The summed E-state index contributed by atoms with van der Waals surface area (Å²) in [6.07, 6.45) is 0.266. The Labute approximate surface area is 153 Å². The minimum absolute atomic E-state index is 0.00666. The van der Waals surface area contributed by atoms with Crippen molar-refractivity contribution in [2.75, 3.05) is 45.9 Å². The molecule has 2 aromatic carbocycles. The molecule has 0 aromatic heterocycles. The molecule has 0 spiro atoms. The molecule has 26 heavy (non-hydrogen) atoms. The van der Waals surface area contributed by atoms with Crippen LogP contribution in [0.4, 0.5) is 0 Å². The van der Waals surface area contributed by atoms with Crippen LogP contribution < -0.4 is 10.6 Å². The molecule has 3 rings (SSSR count). The van der Waals surface area contributed by atoms with Crippen LogP contribution in [0.3, 0.4) is 0 Å². The van der Waals surface area contributed by atoms with E-state index in [-0.39, 0.29) is 24.8 Å². The van der Waals surface area contributed by atoms with Gasteiger partial charge in [0.15, 0.2) is 0 Å². The number of morpholine rings is 1. The number of carbonyl (C=O) groups is 2. The Morgan fingerprint density at radius 1 is 0.962 bits per heavy atom. The summed E-state index contributed by atoms with van der Waals surface area (Å²) in [7, 11) is 0.